The maximum atomic E-state index is 12.4. The molecule has 0 aromatic heterocycles. The summed E-state index contributed by atoms with van der Waals surface area (Å²) in [6.07, 6.45) is 0. The van der Waals surface area contributed by atoms with Gasteiger partial charge in [0.1, 0.15) is 0 Å². The zero-order valence-electron chi connectivity index (χ0n) is 11.2. The molecule has 0 saturated carbocycles. The number of nitrogens with two attached hydrogens (primary N) is 1. The van der Waals surface area contributed by atoms with Crippen molar-refractivity contribution >= 4 is 21.7 Å². The largest absolute Gasteiger partial charge is 0.465 e. The number of nitrogen functional groups attached to an aromatic ring is 1. The summed E-state index contributed by atoms with van der Waals surface area (Å²) in [7, 11) is -2.53. The first-order valence-corrected chi connectivity index (χ1v) is 7.30. The molecule has 0 aliphatic rings. The van der Waals surface area contributed by atoms with Crippen LogP contribution in [0.25, 0.3) is 0 Å². The second-order valence-corrected chi connectivity index (χ2v) is 5.74. The van der Waals surface area contributed by atoms with Gasteiger partial charge in [0.25, 0.3) is 0 Å². The lowest BCUT2D eigenvalue weighted by atomic mass is 10.2. The van der Waals surface area contributed by atoms with Crippen molar-refractivity contribution in [3.8, 4) is 0 Å². The van der Waals surface area contributed by atoms with Crippen molar-refractivity contribution in [3.63, 3.8) is 0 Å². The molecule has 6 nitrogen and oxygen atoms in total. The lowest BCUT2D eigenvalue weighted by Gasteiger charge is -2.20. The van der Waals surface area contributed by atoms with Gasteiger partial charge in [0.2, 0.25) is 10.0 Å². The van der Waals surface area contributed by atoms with Crippen LogP contribution < -0.4 is 5.73 Å². The molecule has 0 aliphatic heterocycles. The first-order chi connectivity index (χ1) is 8.88. The number of methoxy groups -OCH3 is 1. The third-order valence-electron chi connectivity index (χ3n) is 2.73. The van der Waals surface area contributed by atoms with Gasteiger partial charge in [-0.2, -0.15) is 4.31 Å². The van der Waals surface area contributed by atoms with E-state index in [-0.39, 0.29) is 10.5 Å². The third-order valence-corrected chi connectivity index (χ3v) is 4.84. The molecule has 1 aromatic carbocycles. The molecule has 19 heavy (non-hydrogen) atoms. The Morgan fingerprint density at radius 3 is 2.37 bits per heavy atom. The number of esters is 1. The second-order valence-electron chi connectivity index (χ2n) is 3.84. The number of hydrogen-bond donors (Lipinski definition) is 1. The Balaban J connectivity index is 3.46. The van der Waals surface area contributed by atoms with Crippen molar-refractivity contribution in [3.05, 3.63) is 23.8 Å². The maximum Gasteiger partial charge on any atom is 0.339 e. The molecule has 0 spiro atoms. The average molecular weight is 286 g/mol. The number of rotatable bonds is 5. The normalized spacial score (nSPS) is 11.6. The van der Waals surface area contributed by atoms with E-state index in [9.17, 15) is 13.2 Å². The topological polar surface area (TPSA) is 89.7 Å². The summed E-state index contributed by atoms with van der Waals surface area (Å²) >= 11 is 0. The van der Waals surface area contributed by atoms with Crippen molar-refractivity contribution in [1.29, 1.82) is 0 Å². The maximum absolute atomic E-state index is 12.4. The van der Waals surface area contributed by atoms with E-state index in [4.69, 9.17) is 5.73 Å². The van der Waals surface area contributed by atoms with Gasteiger partial charge >= 0.3 is 5.97 Å². The summed E-state index contributed by atoms with van der Waals surface area (Å²) in [6, 6.07) is 4.08. The van der Waals surface area contributed by atoms with Gasteiger partial charge in [-0.1, -0.05) is 13.8 Å². The van der Waals surface area contributed by atoms with Crippen LogP contribution in [0.5, 0.6) is 0 Å². The van der Waals surface area contributed by atoms with Gasteiger partial charge in [0.15, 0.2) is 0 Å². The van der Waals surface area contributed by atoms with E-state index in [0.717, 1.165) is 0 Å². The Labute approximate surface area is 113 Å². The van der Waals surface area contributed by atoms with E-state index in [1.165, 1.54) is 29.6 Å². The van der Waals surface area contributed by atoms with Crippen molar-refractivity contribution in [1.82, 2.24) is 4.31 Å². The highest BCUT2D eigenvalue weighted by molar-refractivity contribution is 7.89. The van der Waals surface area contributed by atoms with E-state index >= 15 is 0 Å². The standard InChI is InChI=1S/C12H18N2O4S/c1-4-14(5-2)19(16,17)11-7-6-9(13)8-10(11)12(15)18-3/h6-8H,4-5,13H2,1-3H3. The van der Waals surface area contributed by atoms with E-state index in [0.29, 0.717) is 18.8 Å². The van der Waals surface area contributed by atoms with Gasteiger partial charge in [-0.15, -0.1) is 0 Å². The molecule has 2 N–H and O–H groups in total. The Morgan fingerprint density at radius 2 is 1.89 bits per heavy atom. The minimum absolute atomic E-state index is 0.0469. The highest BCUT2D eigenvalue weighted by Crippen LogP contribution is 2.23. The second kappa shape index (κ2) is 6.03. The Hall–Kier alpha value is -1.60. The van der Waals surface area contributed by atoms with Gasteiger partial charge in [-0.3, -0.25) is 0 Å². The number of carbonyl (C=O) groups excluding carboxylic acids is 1. The number of carbonyl (C=O) groups is 1. The molecule has 0 radical (unpaired) electrons. The minimum Gasteiger partial charge on any atom is -0.465 e. The van der Waals surface area contributed by atoms with Crippen molar-refractivity contribution in [2.75, 3.05) is 25.9 Å². The molecule has 0 bridgehead atoms. The van der Waals surface area contributed by atoms with E-state index < -0.39 is 16.0 Å². The van der Waals surface area contributed by atoms with Crippen LogP contribution in [-0.2, 0) is 14.8 Å². The molecule has 0 saturated heterocycles. The molecule has 0 aliphatic carbocycles. The SMILES string of the molecule is CCN(CC)S(=O)(=O)c1ccc(N)cc1C(=O)OC. The summed E-state index contributed by atoms with van der Waals surface area (Å²) in [4.78, 5) is 11.6. The van der Waals surface area contributed by atoms with E-state index in [1.54, 1.807) is 13.8 Å². The number of sulfonamides is 1. The molecule has 0 unspecified atom stereocenters. The summed E-state index contributed by atoms with van der Waals surface area (Å²) < 4.78 is 30.7. The fourth-order valence-electron chi connectivity index (χ4n) is 1.74. The third kappa shape index (κ3) is 3.05. The lowest BCUT2D eigenvalue weighted by Crippen LogP contribution is -2.31. The zero-order valence-corrected chi connectivity index (χ0v) is 12.0. The first kappa shape index (κ1) is 15.5. The average Bonchev–Trinajstić information content (AvgIpc) is 2.38. The van der Waals surface area contributed by atoms with Crippen molar-refractivity contribution < 1.29 is 17.9 Å². The number of anilines is 1. The molecule has 0 amide bonds. The smallest absolute Gasteiger partial charge is 0.339 e. The fraction of sp³-hybridized carbons (Fsp3) is 0.417. The van der Waals surface area contributed by atoms with Gasteiger partial charge < -0.3 is 10.5 Å². The van der Waals surface area contributed by atoms with Crippen molar-refractivity contribution in [2.24, 2.45) is 0 Å². The molecule has 1 rings (SSSR count). The lowest BCUT2D eigenvalue weighted by molar-refractivity contribution is 0.0596. The Kier molecular flexibility index (Phi) is 4.90. The summed E-state index contributed by atoms with van der Waals surface area (Å²) in [5.41, 5.74) is 5.85. The molecular formula is C12H18N2O4S. The summed E-state index contributed by atoms with van der Waals surface area (Å²) in [5, 5.41) is 0. The molecule has 0 fully saturated rings. The fourth-order valence-corrected chi connectivity index (χ4v) is 3.36. The molecule has 0 heterocycles. The highest BCUT2D eigenvalue weighted by atomic mass is 32.2. The van der Waals surface area contributed by atoms with Crippen LogP contribution in [0.1, 0.15) is 24.2 Å². The molecule has 0 atom stereocenters. The number of nitrogens with zero attached hydrogens (tertiary/aromatic N) is 1. The van der Waals surface area contributed by atoms with Crippen LogP contribution in [0.2, 0.25) is 0 Å². The Morgan fingerprint density at radius 1 is 1.32 bits per heavy atom. The Bertz CT molecular complexity index is 565. The van der Waals surface area contributed by atoms with Crippen LogP contribution in [0.3, 0.4) is 0 Å². The molecular weight excluding hydrogens is 268 g/mol. The zero-order chi connectivity index (χ0) is 14.6. The van der Waals surface area contributed by atoms with Gasteiger partial charge in [0, 0.05) is 18.8 Å². The molecule has 106 valence electrons. The van der Waals surface area contributed by atoms with Gasteiger partial charge in [-0.25, -0.2) is 13.2 Å². The van der Waals surface area contributed by atoms with Crippen molar-refractivity contribution in [2.45, 2.75) is 18.7 Å². The number of ether oxygens (including phenoxy) is 1. The number of benzene rings is 1. The van der Waals surface area contributed by atoms with E-state index in [1.807, 2.05) is 0 Å². The first-order valence-electron chi connectivity index (χ1n) is 5.86. The van der Waals surface area contributed by atoms with E-state index in [2.05, 4.69) is 4.74 Å². The van der Waals surface area contributed by atoms with Gasteiger partial charge in [0.05, 0.1) is 17.6 Å². The van der Waals surface area contributed by atoms with Crippen LogP contribution >= 0.6 is 0 Å². The molecule has 7 heteroatoms. The minimum atomic E-state index is -3.73. The highest BCUT2D eigenvalue weighted by Gasteiger charge is 2.27. The van der Waals surface area contributed by atoms with Crippen LogP contribution in [-0.4, -0.2) is 38.9 Å². The molecule has 1 aromatic rings. The van der Waals surface area contributed by atoms with Crippen LogP contribution in [0, 0.1) is 0 Å². The van der Waals surface area contributed by atoms with Crippen LogP contribution in [0.4, 0.5) is 5.69 Å². The monoisotopic (exact) mass is 286 g/mol. The van der Waals surface area contributed by atoms with Gasteiger partial charge in [-0.05, 0) is 18.2 Å². The predicted molar refractivity (Wildman–Crippen MR) is 72.3 cm³/mol. The quantitative estimate of drug-likeness (QED) is 0.646. The summed E-state index contributed by atoms with van der Waals surface area (Å²) in [5.74, 6) is -0.724. The summed E-state index contributed by atoms with van der Waals surface area (Å²) in [6.45, 7) is 4.11. The number of hydrogen-bond acceptors (Lipinski definition) is 5. The van der Waals surface area contributed by atoms with Crippen LogP contribution in [0.15, 0.2) is 23.1 Å². The predicted octanol–water partition coefficient (Wildman–Crippen LogP) is 1.09.